The second kappa shape index (κ2) is 20.8. The molecule has 0 unspecified atom stereocenters. The molecule has 0 rings (SSSR count). The van der Waals surface area contributed by atoms with Crippen LogP contribution in [0.5, 0.6) is 0 Å². The third-order valence-corrected chi connectivity index (χ3v) is 6.77. The normalized spacial score (nSPS) is 11.7. The standard InChI is InChI=1S/C27H52O4/c1-3-5-7-9-11-13-15-18-22-27(26(30)31,24-20-17-21-25(28)29)23-19-16-14-12-10-8-6-4-2/h3-24H2,1-2H3,(H,28,29)(H,30,31). The van der Waals surface area contributed by atoms with E-state index in [1.165, 1.54) is 77.0 Å². The van der Waals surface area contributed by atoms with Crippen LogP contribution in [0.15, 0.2) is 0 Å². The lowest BCUT2D eigenvalue weighted by molar-refractivity contribution is -0.150. The molecule has 4 heteroatoms. The molecule has 2 N–H and O–H groups in total. The van der Waals surface area contributed by atoms with Gasteiger partial charge in [-0.25, -0.2) is 0 Å². The Bertz CT molecular complexity index is 413. The van der Waals surface area contributed by atoms with Crippen LogP contribution in [0.4, 0.5) is 0 Å². The van der Waals surface area contributed by atoms with E-state index >= 15 is 0 Å². The fourth-order valence-corrected chi connectivity index (χ4v) is 4.63. The quantitative estimate of drug-likeness (QED) is 0.147. The van der Waals surface area contributed by atoms with E-state index in [-0.39, 0.29) is 6.42 Å². The Labute approximate surface area is 192 Å². The van der Waals surface area contributed by atoms with Gasteiger partial charge < -0.3 is 10.2 Å². The first-order valence-corrected chi connectivity index (χ1v) is 13.4. The molecule has 0 amide bonds. The van der Waals surface area contributed by atoms with E-state index in [9.17, 15) is 14.7 Å². The van der Waals surface area contributed by atoms with Crippen molar-refractivity contribution in [3.63, 3.8) is 0 Å². The summed E-state index contributed by atoms with van der Waals surface area (Å²) in [5.74, 6) is -1.44. The van der Waals surface area contributed by atoms with Gasteiger partial charge >= 0.3 is 11.9 Å². The maximum atomic E-state index is 12.3. The van der Waals surface area contributed by atoms with Crippen molar-refractivity contribution in [2.45, 2.75) is 155 Å². The van der Waals surface area contributed by atoms with Gasteiger partial charge in [0.2, 0.25) is 0 Å². The predicted octanol–water partition coefficient (Wildman–Crippen LogP) is 8.76. The second-order valence-corrected chi connectivity index (χ2v) is 9.64. The fourth-order valence-electron chi connectivity index (χ4n) is 4.63. The zero-order chi connectivity index (χ0) is 23.2. The molecule has 0 saturated heterocycles. The molecule has 4 nitrogen and oxygen atoms in total. The highest BCUT2D eigenvalue weighted by Crippen LogP contribution is 2.38. The summed E-state index contributed by atoms with van der Waals surface area (Å²) in [5.41, 5.74) is -0.650. The summed E-state index contributed by atoms with van der Waals surface area (Å²) in [6.07, 6.45) is 23.1. The molecule has 0 aliphatic rings. The minimum absolute atomic E-state index is 0.144. The average molecular weight is 441 g/mol. The smallest absolute Gasteiger partial charge is 0.309 e. The summed E-state index contributed by atoms with van der Waals surface area (Å²) in [6.45, 7) is 4.46. The van der Waals surface area contributed by atoms with E-state index in [0.717, 1.165) is 38.5 Å². The topological polar surface area (TPSA) is 74.6 Å². The van der Waals surface area contributed by atoms with E-state index in [0.29, 0.717) is 19.3 Å². The van der Waals surface area contributed by atoms with Crippen LogP contribution < -0.4 is 0 Å². The van der Waals surface area contributed by atoms with E-state index < -0.39 is 17.4 Å². The van der Waals surface area contributed by atoms with Crippen molar-refractivity contribution >= 4 is 11.9 Å². The van der Waals surface area contributed by atoms with Crippen LogP contribution in [0.1, 0.15) is 155 Å². The Morgan fingerprint density at radius 3 is 1.16 bits per heavy atom. The van der Waals surface area contributed by atoms with Gasteiger partial charge in [0.05, 0.1) is 5.41 Å². The second-order valence-electron chi connectivity index (χ2n) is 9.64. The van der Waals surface area contributed by atoms with Crippen LogP contribution in [0.25, 0.3) is 0 Å². The van der Waals surface area contributed by atoms with E-state index in [4.69, 9.17) is 5.11 Å². The van der Waals surface area contributed by atoms with Gasteiger partial charge in [0.25, 0.3) is 0 Å². The van der Waals surface area contributed by atoms with Gasteiger partial charge in [-0.05, 0) is 25.7 Å². The van der Waals surface area contributed by atoms with Crippen LogP contribution in [0.3, 0.4) is 0 Å². The number of carboxylic acid groups (broad SMARTS) is 2. The number of hydrogen-bond acceptors (Lipinski definition) is 2. The summed E-state index contributed by atoms with van der Waals surface area (Å²) in [4.78, 5) is 23.1. The van der Waals surface area contributed by atoms with Gasteiger partial charge in [-0.2, -0.15) is 0 Å². The van der Waals surface area contributed by atoms with Crippen LogP contribution in [0.2, 0.25) is 0 Å². The molecule has 184 valence electrons. The molecule has 0 aromatic heterocycles. The number of aliphatic carboxylic acids is 2. The van der Waals surface area contributed by atoms with Crippen LogP contribution in [-0.4, -0.2) is 22.2 Å². The van der Waals surface area contributed by atoms with Crippen LogP contribution in [0, 0.1) is 5.41 Å². The maximum absolute atomic E-state index is 12.3. The van der Waals surface area contributed by atoms with Crippen molar-refractivity contribution in [2.24, 2.45) is 5.41 Å². The van der Waals surface area contributed by atoms with Crippen molar-refractivity contribution in [1.82, 2.24) is 0 Å². The molecule has 0 saturated carbocycles. The fraction of sp³-hybridized carbons (Fsp3) is 0.926. The summed E-state index contributed by atoms with van der Waals surface area (Å²) in [6, 6.07) is 0. The van der Waals surface area contributed by atoms with Gasteiger partial charge in [-0.3, -0.25) is 9.59 Å². The lowest BCUT2D eigenvalue weighted by Crippen LogP contribution is -2.31. The number of carbonyl (C=O) groups is 2. The Kier molecular flexibility index (Phi) is 20.1. The predicted molar refractivity (Wildman–Crippen MR) is 131 cm³/mol. The number of unbranched alkanes of at least 4 members (excludes halogenated alkanes) is 15. The Morgan fingerprint density at radius 1 is 0.516 bits per heavy atom. The minimum Gasteiger partial charge on any atom is -0.481 e. The molecule has 0 aromatic carbocycles. The highest BCUT2D eigenvalue weighted by Gasteiger charge is 2.36. The maximum Gasteiger partial charge on any atom is 0.309 e. The molecule has 0 aliphatic heterocycles. The third-order valence-electron chi connectivity index (χ3n) is 6.77. The van der Waals surface area contributed by atoms with Gasteiger partial charge in [0.1, 0.15) is 0 Å². The average Bonchev–Trinajstić information content (AvgIpc) is 2.74. The molecule has 0 fully saturated rings. The molecule has 31 heavy (non-hydrogen) atoms. The minimum atomic E-state index is -0.785. The zero-order valence-electron chi connectivity index (χ0n) is 20.8. The largest absolute Gasteiger partial charge is 0.481 e. The first-order chi connectivity index (χ1) is 15.0. The van der Waals surface area contributed by atoms with Gasteiger partial charge in [0, 0.05) is 6.42 Å². The number of hydrogen-bond donors (Lipinski definition) is 2. The molecular weight excluding hydrogens is 388 g/mol. The highest BCUT2D eigenvalue weighted by atomic mass is 16.4. The monoisotopic (exact) mass is 440 g/mol. The zero-order valence-corrected chi connectivity index (χ0v) is 20.8. The highest BCUT2D eigenvalue weighted by molar-refractivity contribution is 5.74. The lowest BCUT2D eigenvalue weighted by atomic mass is 9.74. The van der Waals surface area contributed by atoms with E-state index in [2.05, 4.69) is 13.8 Å². The first-order valence-electron chi connectivity index (χ1n) is 13.4. The van der Waals surface area contributed by atoms with Crippen molar-refractivity contribution < 1.29 is 19.8 Å². The lowest BCUT2D eigenvalue weighted by Gasteiger charge is -2.30. The van der Waals surface area contributed by atoms with Gasteiger partial charge in [0.15, 0.2) is 0 Å². The summed E-state index contributed by atoms with van der Waals surface area (Å²) < 4.78 is 0. The Balaban J connectivity index is 4.44. The van der Waals surface area contributed by atoms with Crippen molar-refractivity contribution in [3.05, 3.63) is 0 Å². The van der Waals surface area contributed by atoms with E-state index in [1.54, 1.807) is 0 Å². The molecule has 0 radical (unpaired) electrons. The van der Waals surface area contributed by atoms with Crippen molar-refractivity contribution in [1.29, 1.82) is 0 Å². The van der Waals surface area contributed by atoms with E-state index in [1.807, 2.05) is 0 Å². The molecule has 0 aliphatic carbocycles. The summed E-state index contributed by atoms with van der Waals surface area (Å²) >= 11 is 0. The summed E-state index contributed by atoms with van der Waals surface area (Å²) in [5, 5.41) is 19.0. The first kappa shape index (κ1) is 29.9. The SMILES string of the molecule is CCCCCCCCCCC(CCCCCCCCCC)(CCCCC(=O)O)C(=O)O. The molecule has 0 bridgehead atoms. The Hall–Kier alpha value is -1.06. The number of carboxylic acids is 2. The number of rotatable bonds is 24. The van der Waals surface area contributed by atoms with Crippen molar-refractivity contribution in [2.75, 3.05) is 0 Å². The van der Waals surface area contributed by atoms with Crippen molar-refractivity contribution in [3.8, 4) is 0 Å². The van der Waals surface area contributed by atoms with Gasteiger partial charge in [-0.15, -0.1) is 0 Å². The third kappa shape index (κ3) is 17.2. The Morgan fingerprint density at radius 2 is 0.839 bits per heavy atom. The molecular formula is C27H52O4. The summed E-state index contributed by atoms with van der Waals surface area (Å²) in [7, 11) is 0. The molecule has 0 atom stereocenters. The molecule has 0 aromatic rings. The van der Waals surface area contributed by atoms with Gasteiger partial charge in [-0.1, -0.05) is 123 Å². The van der Waals surface area contributed by atoms with Crippen LogP contribution >= 0.6 is 0 Å². The van der Waals surface area contributed by atoms with Crippen LogP contribution in [-0.2, 0) is 9.59 Å². The molecule has 0 heterocycles. The molecule has 0 spiro atoms.